The van der Waals surface area contributed by atoms with Gasteiger partial charge in [0.1, 0.15) is 5.66 Å². The van der Waals surface area contributed by atoms with Crippen LogP contribution in [0.3, 0.4) is 0 Å². The van der Waals surface area contributed by atoms with Crippen LogP contribution < -0.4 is 11.1 Å². The van der Waals surface area contributed by atoms with Crippen LogP contribution in [-0.4, -0.2) is 36.6 Å². The van der Waals surface area contributed by atoms with Crippen LogP contribution in [0.4, 0.5) is 0 Å². The SMILES string of the molecule is Cc1oc(B2OC(C)(C)C(C)(C)O2)cc1B1OC(C)(C)C(C)(C)O1. The maximum absolute atomic E-state index is 6.12. The smallest absolute Gasteiger partial charge is 0.470 e. The first kappa shape index (κ1) is 18.1. The fourth-order valence-electron chi connectivity index (χ4n) is 2.80. The first-order valence-corrected chi connectivity index (χ1v) is 8.57. The second-order valence-electron chi connectivity index (χ2n) is 8.84. The van der Waals surface area contributed by atoms with E-state index in [1.807, 2.05) is 68.4 Å². The minimum absolute atomic E-state index is 0.383. The zero-order valence-corrected chi connectivity index (χ0v) is 16.3. The van der Waals surface area contributed by atoms with Gasteiger partial charge in [0.2, 0.25) is 0 Å². The summed E-state index contributed by atoms with van der Waals surface area (Å²) in [5.41, 5.74) is -0.0297. The maximum atomic E-state index is 6.12. The summed E-state index contributed by atoms with van der Waals surface area (Å²) in [5.74, 6) is 0.762. The van der Waals surface area contributed by atoms with Crippen molar-refractivity contribution in [2.75, 3.05) is 0 Å². The van der Waals surface area contributed by atoms with Gasteiger partial charge in [-0.15, -0.1) is 0 Å². The Balaban J connectivity index is 1.85. The minimum atomic E-state index is -0.523. The zero-order chi connectivity index (χ0) is 18.1. The average molecular weight is 334 g/mol. The zero-order valence-electron chi connectivity index (χ0n) is 16.3. The highest BCUT2D eigenvalue weighted by Crippen LogP contribution is 2.38. The van der Waals surface area contributed by atoms with Gasteiger partial charge in [0.25, 0.3) is 0 Å². The molecule has 7 heteroatoms. The molecule has 0 bridgehead atoms. The Hall–Kier alpha value is -0.750. The maximum Gasteiger partial charge on any atom is 0.532 e. The first-order valence-electron chi connectivity index (χ1n) is 8.57. The largest absolute Gasteiger partial charge is 0.532 e. The molecule has 1 aromatic heterocycles. The third-order valence-corrected chi connectivity index (χ3v) is 5.97. The summed E-state index contributed by atoms with van der Waals surface area (Å²) < 4.78 is 30.3. The minimum Gasteiger partial charge on any atom is -0.470 e. The lowest BCUT2D eigenvalue weighted by atomic mass is 9.76. The molecule has 24 heavy (non-hydrogen) atoms. The van der Waals surface area contributed by atoms with Crippen LogP contribution in [0.2, 0.25) is 0 Å². The Kier molecular flexibility index (Phi) is 3.86. The molecule has 132 valence electrons. The van der Waals surface area contributed by atoms with Gasteiger partial charge in [-0.1, -0.05) is 0 Å². The molecule has 0 aliphatic carbocycles. The fraction of sp³-hybridized carbons (Fsp3) is 0.765. The van der Waals surface area contributed by atoms with Crippen molar-refractivity contribution in [2.24, 2.45) is 0 Å². The predicted octanol–water partition coefficient (Wildman–Crippen LogP) is 2.19. The van der Waals surface area contributed by atoms with E-state index in [1.54, 1.807) is 0 Å². The van der Waals surface area contributed by atoms with E-state index in [0.717, 1.165) is 11.2 Å². The van der Waals surface area contributed by atoms with Crippen molar-refractivity contribution in [2.45, 2.75) is 84.7 Å². The molecule has 0 amide bonds. The second kappa shape index (κ2) is 5.13. The van der Waals surface area contributed by atoms with E-state index in [9.17, 15) is 0 Å². The van der Waals surface area contributed by atoms with Gasteiger partial charge in [0.05, 0.1) is 28.2 Å². The van der Waals surface area contributed by atoms with E-state index in [-0.39, 0.29) is 11.2 Å². The molecule has 0 aromatic carbocycles. The first-order chi connectivity index (χ1) is 10.8. The highest BCUT2D eigenvalue weighted by atomic mass is 16.7. The Morgan fingerprint density at radius 1 is 0.667 bits per heavy atom. The van der Waals surface area contributed by atoms with Gasteiger partial charge >= 0.3 is 14.2 Å². The van der Waals surface area contributed by atoms with Crippen LogP contribution in [0, 0.1) is 6.92 Å². The molecule has 2 fully saturated rings. The molecular formula is C17H28B2O5. The molecule has 0 N–H and O–H groups in total. The summed E-state index contributed by atoms with van der Waals surface area (Å²) >= 11 is 0. The van der Waals surface area contributed by atoms with Gasteiger partial charge in [0.15, 0.2) is 0 Å². The molecule has 3 rings (SSSR count). The van der Waals surface area contributed by atoms with Gasteiger partial charge in [-0.05, 0) is 68.4 Å². The molecule has 0 radical (unpaired) electrons. The quantitative estimate of drug-likeness (QED) is 0.776. The van der Waals surface area contributed by atoms with Gasteiger partial charge in [-0.2, -0.15) is 0 Å². The van der Waals surface area contributed by atoms with Crippen molar-refractivity contribution in [3.8, 4) is 0 Å². The molecule has 5 nitrogen and oxygen atoms in total. The Morgan fingerprint density at radius 2 is 1.04 bits per heavy atom. The van der Waals surface area contributed by atoms with Crippen LogP contribution in [0.1, 0.15) is 61.2 Å². The molecule has 2 aliphatic rings. The van der Waals surface area contributed by atoms with Crippen LogP contribution in [0.25, 0.3) is 0 Å². The number of hydrogen-bond acceptors (Lipinski definition) is 5. The molecular weight excluding hydrogens is 306 g/mol. The van der Waals surface area contributed by atoms with Crippen LogP contribution in [-0.2, 0) is 18.6 Å². The topological polar surface area (TPSA) is 50.1 Å². The standard InChI is InChI=1S/C17H28B2O5/c1-11-12(18-21-14(2,3)15(4,5)22-18)10-13(20-11)19-23-16(6,7)17(8,9)24-19/h10H,1-9H3. The van der Waals surface area contributed by atoms with Crippen molar-refractivity contribution in [3.05, 3.63) is 11.8 Å². The highest BCUT2D eigenvalue weighted by Gasteiger charge is 2.55. The van der Waals surface area contributed by atoms with Gasteiger partial charge in [-0.25, -0.2) is 0 Å². The molecule has 2 saturated heterocycles. The summed E-state index contributed by atoms with van der Waals surface area (Å²) in [7, 11) is -0.972. The van der Waals surface area contributed by atoms with Crippen molar-refractivity contribution in [1.82, 2.24) is 0 Å². The lowest BCUT2D eigenvalue weighted by Crippen LogP contribution is -2.41. The second-order valence-corrected chi connectivity index (χ2v) is 8.84. The van der Waals surface area contributed by atoms with E-state index < -0.39 is 25.4 Å². The third-order valence-electron chi connectivity index (χ3n) is 5.97. The summed E-state index contributed by atoms with van der Waals surface area (Å²) in [6.45, 7) is 18.2. The van der Waals surface area contributed by atoms with E-state index >= 15 is 0 Å². The molecule has 0 saturated carbocycles. The van der Waals surface area contributed by atoms with Crippen molar-refractivity contribution in [3.63, 3.8) is 0 Å². The lowest BCUT2D eigenvalue weighted by Gasteiger charge is -2.32. The summed E-state index contributed by atoms with van der Waals surface area (Å²) in [6, 6.07) is 1.93. The van der Waals surface area contributed by atoms with Crippen molar-refractivity contribution < 1.29 is 23.0 Å². The van der Waals surface area contributed by atoms with E-state index in [1.165, 1.54) is 0 Å². The fourth-order valence-corrected chi connectivity index (χ4v) is 2.80. The number of rotatable bonds is 2. The molecule has 0 unspecified atom stereocenters. The van der Waals surface area contributed by atoms with Gasteiger partial charge < -0.3 is 23.0 Å². The molecule has 0 spiro atoms. The molecule has 1 aromatic rings. The van der Waals surface area contributed by atoms with Crippen molar-refractivity contribution in [1.29, 1.82) is 0 Å². The van der Waals surface area contributed by atoms with Crippen LogP contribution in [0.5, 0.6) is 0 Å². The van der Waals surface area contributed by atoms with Crippen molar-refractivity contribution >= 4 is 25.4 Å². The van der Waals surface area contributed by atoms with E-state index in [2.05, 4.69) is 0 Å². The highest BCUT2D eigenvalue weighted by molar-refractivity contribution is 6.65. The monoisotopic (exact) mass is 334 g/mol. The van der Waals surface area contributed by atoms with Crippen LogP contribution >= 0.6 is 0 Å². The summed E-state index contributed by atoms with van der Waals surface area (Å²) in [5, 5.41) is 0. The number of hydrogen-bond donors (Lipinski definition) is 0. The molecule has 3 heterocycles. The molecule has 2 aliphatic heterocycles. The third kappa shape index (κ3) is 2.66. The number of furan rings is 1. The van der Waals surface area contributed by atoms with E-state index in [4.69, 9.17) is 23.0 Å². The normalized spacial score (nSPS) is 27.0. The van der Waals surface area contributed by atoms with E-state index in [0.29, 0.717) is 5.66 Å². The Bertz CT molecular complexity index is 615. The average Bonchev–Trinajstić information content (AvgIpc) is 2.93. The molecule has 0 atom stereocenters. The number of aryl methyl sites for hydroxylation is 1. The predicted molar refractivity (Wildman–Crippen MR) is 94.9 cm³/mol. The Labute approximate surface area is 145 Å². The van der Waals surface area contributed by atoms with Gasteiger partial charge in [0, 0.05) is 5.46 Å². The Morgan fingerprint density at radius 3 is 1.46 bits per heavy atom. The summed E-state index contributed by atoms with van der Waals surface area (Å²) in [4.78, 5) is 0. The van der Waals surface area contributed by atoms with Crippen LogP contribution in [0.15, 0.2) is 10.5 Å². The summed E-state index contributed by atoms with van der Waals surface area (Å²) in [6.07, 6.45) is 0. The van der Waals surface area contributed by atoms with Gasteiger partial charge in [-0.3, -0.25) is 0 Å². The lowest BCUT2D eigenvalue weighted by molar-refractivity contribution is 0.00578.